The van der Waals surface area contributed by atoms with Gasteiger partial charge in [0.05, 0.1) is 6.54 Å². The Hall–Kier alpha value is -3.00. The van der Waals surface area contributed by atoms with Crippen LogP contribution in [0.2, 0.25) is 5.02 Å². The number of piperidine rings is 1. The molecule has 8 nitrogen and oxygen atoms in total. The Labute approximate surface area is 180 Å². The van der Waals surface area contributed by atoms with Gasteiger partial charge >= 0.3 is 0 Å². The van der Waals surface area contributed by atoms with Crippen LogP contribution < -0.4 is 0 Å². The van der Waals surface area contributed by atoms with Gasteiger partial charge in [0.1, 0.15) is 6.04 Å². The third-order valence-electron chi connectivity index (χ3n) is 5.12. The minimum Gasteiger partial charge on any atom is -0.360 e. The van der Waals surface area contributed by atoms with E-state index in [9.17, 15) is 0 Å². The highest BCUT2D eigenvalue weighted by Gasteiger charge is 2.28. The van der Waals surface area contributed by atoms with Gasteiger partial charge in [0.2, 0.25) is 5.89 Å². The van der Waals surface area contributed by atoms with Crippen LogP contribution in [0.15, 0.2) is 41.1 Å². The maximum Gasteiger partial charge on any atom is 0.249 e. The predicted octanol–water partition coefficient (Wildman–Crippen LogP) is 4.13. The first kappa shape index (κ1) is 20.3. The Morgan fingerprint density at radius 3 is 2.90 bits per heavy atom. The summed E-state index contributed by atoms with van der Waals surface area (Å²) in [4.78, 5) is 8.24. The van der Waals surface area contributed by atoms with E-state index in [4.69, 9.17) is 16.1 Å². The van der Waals surface area contributed by atoms with E-state index < -0.39 is 0 Å². The summed E-state index contributed by atoms with van der Waals surface area (Å²) in [6, 6.07) is 5.84. The molecule has 4 rings (SSSR count). The zero-order valence-electron chi connectivity index (χ0n) is 17.1. The SMILES string of the molecule is C=C(/C=C/c1ccc(Cl)cc1Cn1nnc(C)n1)N1CCCC[C@@H]1c1nc(C)no1. The number of aryl methyl sites for hydroxylation is 2. The smallest absolute Gasteiger partial charge is 0.249 e. The number of rotatable bonds is 6. The zero-order chi connectivity index (χ0) is 21.1. The molecule has 0 N–H and O–H groups in total. The summed E-state index contributed by atoms with van der Waals surface area (Å²) in [5.41, 5.74) is 2.94. The summed E-state index contributed by atoms with van der Waals surface area (Å²) in [6.45, 7) is 9.34. The fraction of sp³-hybridized carbons (Fsp3) is 0.381. The van der Waals surface area contributed by atoms with Crippen molar-refractivity contribution >= 4 is 17.7 Å². The third kappa shape index (κ3) is 4.59. The van der Waals surface area contributed by atoms with Crippen LogP contribution in [0, 0.1) is 13.8 Å². The van der Waals surface area contributed by atoms with E-state index in [0.29, 0.717) is 29.1 Å². The van der Waals surface area contributed by atoms with Crippen LogP contribution in [0.3, 0.4) is 0 Å². The first-order valence-corrected chi connectivity index (χ1v) is 10.3. The van der Waals surface area contributed by atoms with Gasteiger partial charge in [-0.25, -0.2) is 0 Å². The topological polar surface area (TPSA) is 85.8 Å². The molecular weight excluding hydrogens is 402 g/mol. The maximum absolute atomic E-state index is 6.22. The van der Waals surface area contributed by atoms with Gasteiger partial charge in [0.25, 0.3) is 0 Å². The molecule has 1 aliphatic rings. The molecule has 0 radical (unpaired) electrons. The fourth-order valence-corrected chi connectivity index (χ4v) is 3.87. The molecule has 1 saturated heterocycles. The maximum atomic E-state index is 6.22. The van der Waals surface area contributed by atoms with Gasteiger partial charge in [-0.1, -0.05) is 35.5 Å². The lowest BCUT2D eigenvalue weighted by Crippen LogP contribution is -2.32. The number of tetrazole rings is 1. The van der Waals surface area contributed by atoms with Gasteiger partial charge in [0, 0.05) is 17.3 Å². The quantitative estimate of drug-likeness (QED) is 0.549. The van der Waals surface area contributed by atoms with Crippen molar-refractivity contribution < 1.29 is 4.52 Å². The highest BCUT2D eigenvalue weighted by atomic mass is 35.5. The summed E-state index contributed by atoms with van der Waals surface area (Å²) in [5.74, 6) is 1.94. The fourth-order valence-electron chi connectivity index (χ4n) is 3.68. The van der Waals surface area contributed by atoms with Gasteiger partial charge in [-0.15, -0.1) is 10.2 Å². The van der Waals surface area contributed by atoms with Crippen molar-refractivity contribution in [2.75, 3.05) is 6.54 Å². The molecule has 0 amide bonds. The largest absolute Gasteiger partial charge is 0.360 e. The number of likely N-dealkylation sites (tertiary alicyclic amines) is 1. The Kier molecular flexibility index (Phi) is 5.94. The van der Waals surface area contributed by atoms with Crippen LogP contribution in [-0.2, 0) is 6.54 Å². The summed E-state index contributed by atoms with van der Waals surface area (Å²) in [7, 11) is 0. The van der Waals surface area contributed by atoms with E-state index in [-0.39, 0.29) is 6.04 Å². The van der Waals surface area contributed by atoms with Crippen LogP contribution in [0.5, 0.6) is 0 Å². The van der Waals surface area contributed by atoms with Gasteiger partial charge in [-0.2, -0.15) is 9.78 Å². The lowest BCUT2D eigenvalue weighted by atomic mass is 10.0. The lowest BCUT2D eigenvalue weighted by Gasteiger charge is -2.35. The monoisotopic (exact) mass is 425 g/mol. The first-order valence-electron chi connectivity index (χ1n) is 9.96. The molecule has 0 saturated carbocycles. The number of hydrogen-bond acceptors (Lipinski definition) is 7. The van der Waals surface area contributed by atoms with Gasteiger partial charge in [-0.3, -0.25) is 0 Å². The number of halogens is 1. The summed E-state index contributed by atoms with van der Waals surface area (Å²) in [5, 5.41) is 16.9. The number of aromatic nitrogens is 6. The molecule has 0 bridgehead atoms. The highest BCUT2D eigenvalue weighted by Crippen LogP contribution is 2.33. The van der Waals surface area contributed by atoms with Crippen LogP contribution in [0.1, 0.15) is 54.0 Å². The van der Waals surface area contributed by atoms with E-state index in [0.717, 1.165) is 42.6 Å². The van der Waals surface area contributed by atoms with E-state index in [1.165, 1.54) is 0 Å². The highest BCUT2D eigenvalue weighted by molar-refractivity contribution is 6.30. The molecular formula is C21H24ClN7O. The van der Waals surface area contributed by atoms with Crippen molar-refractivity contribution in [3.8, 4) is 0 Å². The minimum atomic E-state index is 0.0594. The molecule has 30 heavy (non-hydrogen) atoms. The summed E-state index contributed by atoms with van der Waals surface area (Å²) < 4.78 is 5.44. The van der Waals surface area contributed by atoms with Crippen molar-refractivity contribution in [1.82, 2.24) is 35.2 Å². The molecule has 0 aliphatic carbocycles. The Balaban J connectivity index is 1.54. The molecule has 3 heterocycles. The number of benzene rings is 1. The molecule has 0 spiro atoms. The normalized spacial score (nSPS) is 17.0. The zero-order valence-corrected chi connectivity index (χ0v) is 17.9. The Morgan fingerprint density at radius 1 is 1.30 bits per heavy atom. The van der Waals surface area contributed by atoms with E-state index in [2.05, 4.69) is 37.0 Å². The second kappa shape index (κ2) is 8.79. The average Bonchev–Trinajstić information content (AvgIpc) is 3.35. The van der Waals surface area contributed by atoms with Crippen LogP contribution in [0.25, 0.3) is 6.08 Å². The van der Waals surface area contributed by atoms with Crippen molar-refractivity contribution in [1.29, 1.82) is 0 Å². The van der Waals surface area contributed by atoms with E-state index in [1.807, 2.05) is 44.2 Å². The van der Waals surface area contributed by atoms with Crippen molar-refractivity contribution in [3.63, 3.8) is 0 Å². The van der Waals surface area contributed by atoms with Crippen LogP contribution >= 0.6 is 11.6 Å². The van der Waals surface area contributed by atoms with Crippen molar-refractivity contribution in [2.45, 2.75) is 45.7 Å². The van der Waals surface area contributed by atoms with Gasteiger partial charge in [0.15, 0.2) is 11.6 Å². The van der Waals surface area contributed by atoms with Crippen molar-refractivity contribution in [3.05, 3.63) is 70.2 Å². The number of nitrogens with zero attached hydrogens (tertiary/aromatic N) is 7. The Morgan fingerprint density at radius 2 is 2.17 bits per heavy atom. The van der Waals surface area contributed by atoms with Crippen LogP contribution in [0.4, 0.5) is 0 Å². The van der Waals surface area contributed by atoms with Gasteiger partial charge in [-0.05, 0) is 67.7 Å². The van der Waals surface area contributed by atoms with Crippen molar-refractivity contribution in [2.24, 2.45) is 0 Å². The minimum absolute atomic E-state index is 0.0594. The number of hydrogen-bond donors (Lipinski definition) is 0. The third-order valence-corrected chi connectivity index (χ3v) is 5.36. The molecule has 3 aromatic rings. The second-order valence-corrected chi connectivity index (χ2v) is 7.86. The predicted molar refractivity (Wildman–Crippen MR) is 114 cm³/mol. The van der Waals surface area contributed by atoms with E-state index in [1.54, 1.807) is 4.80 Å². The average molecular weight is 426 g/mol. The molecule has 1 aromatic carbocycles. The molecule has 1 fully saturated rings. The number of allylic oxidation sites excluding steroid dienone is 1. The Bertz CT molecular complexity index is 1070. The molecule has 9 heteroatoms. The molecule has 1 aliphatic heterocycles. The molecule has 156 valence electrons. The second-order valence-electron chi connectivity index (χ2n) is 7.42. The van der Waals surface area contributed by atoms with E-state index >= 15 is 0 Å². The lowest BCUT2D eigenvalue weighted by molar-refractivity contribution is 0.162. The molecule has 1 atom stereocenters. The summed E-state index contributed by atoms with van der Waals surface area (Å²) >= 11 is 6.22. The molecule has 0 unspecified atom stereocenters. The first-order chi connectivity index (χ1) is 14.5. The molecule has 2 aromatic heterocycles. The van der Waals surface area contributed by atoms with Crippen LogP contribution in [-0.4, -0.2) is 41.8 Å². The standard InChI is InChI=1S/C21H24ClN7O/c1-14(28-11-5-4-6-20(28)21-23-15(2)26-30-21)7-8-17-9-10-19(22)12-18(17)13-29-25-16(3)24-27-29/h7-10,12,20H,1,4-6,11,13H2,2-3H3/b8-7+/t20-/m1/s1. The van der Waals surface area contributed by atoms with Gasteiger partial charge < -0.3 is 9.42 Å². The summed E-state index contributed by atoms with van der Waals surface area (Å²) in [6.07, 6.45) is 7.28.